The van der Waals surface area contributed by atoms with Crippen LogP contribution in [-0.2, 0) is 19.1 Å². The minimum absolute atomic E-state index is 0.0495. The monoisotopic (exact) mass is 304 g/mol. The Balaban J connectivity index is 4.10. The number of rotatable bonds is 11. The maximum Gasteiger partial charge on any atom is 0.310 e. The molecule has 7 heteroatoms. The van der Waals surface area contributed by atoms with Crippen molar-refractivity contribution in [3.05, 3.63) is 0 Å². The Morgan fingerprint density at radius 3 is 1.90 bits per heavy atom. The number of quaternary nitrogens is 1. The molecule has 0 aromatic carbocycles. The molecule has 0 saturated carbocycles. The molecule has 0 aliphatic rings. The Morgan fingerprint density at radius 1 is 0.905 bits per heavy atom. The summed E-state index contributed by atoms with van der Waals surface area (Å²) in [7, 11) is 5.52. The highest BCUT2D eigenvalue weighted by molar-refractivity contribution is 5.69. The van der Waals surface area contributed by atoms with Crippen molar-refractivity contribution in [2.24, 2.45) is 0 Å². The van der Waals surface area contributed by atoms with Crippen molar-refractivity contribution in [2.75, 3.05) is 21.1 Å². The summed E-state index contributed by atoms with van der Waals surface area (Å²) in [6.45, 7) is 0. The van der Waals surface area contributed by atoms with E-state index >= 15 is 0 Å². The van der Waals surface area contributed by atoms with Gasteiger partial charge in [-0.1, -0.05) is 6.42 Å². The lowest BCUT2D eigenvalue weighted by Crippen LogP contribution is -2.47. The van der Waals surface area contributed by atoms with Crippen LogP contribution in [0, 0.1) is 0 Å². The summed E-state index contributed by atoms with van der Waals surface area (Å²) in [5.41, 5.74) is 0. The molecule has 0 spiro atoms. The highest BCUT2D eigenvalue weighted by Gasteiger charge is 2.28. The van der Waals surface area contributed by atoms with Crippen LogP contribution in [0.4, 0.5) is 0 Å². The highest BCUT2D eigenvalue weighted by atomic mass is 16.6. The van der Waals surface area contributed by atoms with E-state index in [-0.39, 0.29) is 31.7 Å². The summed E-state index contributed by atoms with van der Waals surface area (Å²) < 4.78 is 5.69. The zero-order valence-corrected chi connectivity index (χ0v) is 13.0. The summed E-state index contributed by atoms with van der Waals surface area (Å²) in [5, 5.41) is 17.2. The van der Waals surface area contributed by atoms with Crippen LogP contribution < -0.4 is 0 Å². The first-order valence-corrected chi connectivity index (χ1v) is 7.07. The predicted molar refractivity (Wildman–Crippen MR) is 75.5 cm³/mol. The number of esters is 1. The largest absolute Gasteiger partial charge is 0.481 e. The van der Waals surface area contributed by atoms with Gasteiger partial charge >= 0.3 is 17.9 Å². The van der Waals surface area contributed by atoms with E-state index in [2.05, 4.69) is 0 Å². The molecule has 1 atom stereocenters. The molecule has 0 fully saturated rings. The lowest BCUT2D eigenvalue weighted by Gasteiger charge is -2.32. The van der Waals surface area contributed by atoms with E-state index in [9.17, 15) is 14.4 Å². The molecular weight excluding hydrogens is 278 g/mol. The molecule has 1 unspecified atom stereocenters. The number of hydrogen-bond donors (Lipinski definition) is 2. The van der Waals surface area contributed by atoms with Crippen molar-refractivity contribution in [3.8, 4) is 0 Å². The van der Waals surface area contributed by atoms with Crippen molar-refractivity contribution in [1.82, 2.24) is 0 Å². The summed E-state index contributed by atoms with van der Waals surface area (Å²) >= 11 is 0. The molecule has 7 nitrogen and oxygen atoms in total. The van der Waals surface area contributed by atoms with Crippen molar-refractivity contribution < 1.29 is 33.8 Å². The minimum atomic E-state index is -0.918. The topological polar surface area (TPSA) is 101 Å². The van der Waals surface area contributed by atoms with Gasteiger partial charge in [0.05, 0.1) is 27.6 Å². The van der Waals surface area contributed by atoms with Gasteiger partial charge in [0, 0.05) is 19.3 Å². The maximum absolute atomic E-state index is 11.7. The van der Waals surface area contributed by atoms with Gasteiger partial charge in [-0.2, -0.15) is 0 Å². The molecule has 0 rings (SSSR count). The number of nitrogens with zero attached hydrogens (tertiary/aromatic N) is 1. The van der Waals surface area contributed by atoms with Gasteiger partial charge in [-0.3, -0.25) is 18.9 Å². The van der Waals surface area contributed by atoms with Crippen LogP contribution >= 0.6 is 0 Å². The van der Waals surface area contributed by atoms with Crippen LogP contribution in [0.2, 0.25) is 0 Å². The Labute approximate surface area is 125 Å². The third kappa shape index (κ3) is 10.8. The van der Waals surface area contributed by atoms with Gasteiger partial charge in [0.25, 0.3) is 0 Å². The van der Waals surface area contributed by atoms with E-state index in [0.29, 0.717) is 23.7 Å². The van der Waals surface area contributed by atoms with E-state index < -0.39 is 18.2 Å². The third-order valence-corrected chi connectivity index (χ3v) is 3.01. The molecule has 0 bridgehead atoms. The van der Waals surface area contributed by atoms with E-state index in [4.69, 9.17) is 14.9 Å². The Morgan fingerprint density at radius 2 is 1.43 bits per heavy atom. The second kappa shape index (κ2) is 9.33. The normalized spacial score (nSPS) is 12.7. The number of carbonyl (C=O) groups is 3. The van der Waals surface area contributed by atoms with Crippen LogP contribution in [0.5, 0.6) is 0 Å². The zero-order chi connectivity index (χ0) is 16.5. The van der Waals surface area contributed by atoms with Gasteiger partial charge < -0.3 is 14.9 Å². The van der Waals surface area contributed by atoms with Crippen LogP contribution in [0.1, 0.15) is 44.9 Å². The summed E-state index contributed by atoms with van der Waals surface area (Å²) in [6, 6.07) is 0. The first-order chi connectivity index (χ1) is 9.62. The number of carboxylic acids is 2. The van der Waals surface area contributed by atoms with Crippen molar-refractivity contribution in [1.29, 1.82) is 0 Å². The summed E-state index contributed by atoms with van der Waals surface area (Å²) in [6.07, 6.45) is 1.84. The van der Waals surface area contributed by atoms with E-state index in [1.807, 2.05) is 21.1 Å². The molecular formula is C14H26NO6+. The molecule has 0 amide bonds. The van der Waals surface area contributed by atoms with Crippen LogP contribution in [0.15, 0.2) is 0 Å². The Kier molecular flexibility index (Phi) is 8.61. The standard InChI is InChI=1S/C14H25NO6/c1-15(2,3)11(9-10-13(18)19)21-14(20)8-6-4-5-7-12(16)17/h11H,4-10H2,1-3H3,(H-,16,17,18,19)/p+1. The fourth-order valence-electron chi connectivity index (χ4n) is 1.78. The number of carbonyl (C=O) groups excluding carboxylic acids is 1. The SMILES string of the molecule is C[N+](C)(C)C(CCC(=O)O)OC(=O)CCCCCC(=O)O. The fourth-order valence-corrected chi connectivity index (χ4v) is 1.78. The van der Waals surface area contributed by atoms with Gasteiger partial charge in [-0.25, -0.2) is 0 Å². The second-order valence-electron chi connectivity index (χ2n) is 5.95. The number of ether oxygens (including phenoxy) is 1. The first-order valence-electron chi connectivity index (χ1n) is 7.07. The molecule has 0 radical (unpaired) electrons. The lowest BCUT2D eigenvalue weighted by molar-refractivity contribution is -0.917. The van der Waals surface area contributed by atoms with Gasteiger partial charge in [-0.05, 0) is 12.8 Å². The van der Waals surface area contributed by atoms with Gasteiger partial charge in [0.15, 0.2) is 0 Å². The van der Waals surface area contributed by atoms with E-state index in [1.54, 1.807) is 0 Å². The van der Waals surface area contributed by atoms with Crippen LogP contribution in [-0.4, -0.2) is 60.0 Å². The minimum Gasteiger partial charge on any atom is -0.481 e. The predicted octanol–water partition coefficient (Wildman–Crippen LogP) is 1.46. The molecule has 0 aromatic heterocycles. The van der Waals surface area contributed by atoms with E-state index in [0.717, 1.165) is 0 Å². The molecule has 0 saturated heterocycles. The average molecular weight is 304 g/mol. The molecule has 122 valence electrons. The Bertz CT molecular complexity index is 361. The second-order valence-corrected chi connectivity index (χ2v) is 5.95. The van der Waals surface area contributed by atoms with Crippen LogP contribution in [0.25, 0.3) is 0 Å². The summed E-state index contributed by atoms with van der Waals surface area (Å²) in [4.78, 5) is 32.7. The fraction of sp³-hybridized carbons (Fsp3) is 0.786. The number of aliphatic carboxylic acids is 2. The van der Waals surface area contributed by atoms with Gasteiger partial charge in [0.1, 0.15) is 0 Å². The number of hydrogen-bond acceptors (Lipinski definition) is 4. The average Bonchev–Trinajstić information content (AvgIpc) is 2.31. The number of unbranched alkanes of at least 4 members (excludes halogenated alkanes) is 2. The highest BCUT2D eigenvalue weighted by Crippen LogP contribution is 2.14. The molecule has 0 aliphatic carbocycles. The van der Waals surface area contributed by atoms with Gasteiger partial charge in [-0.15, -0.1) is 0 Å². The zero-order valence-electron chi connectivity index (χ0n) is 13.0. The lowest BCUT2D eigenvalue weighted by atomic mass is 10.1. The quantitative estimate of drug-likeness (QED) is 0.259. The maximum atomic E-state index is 11.7. The first kappa shape index (κ1) is 19.4. The smallest absolute Gasteiger partial charge is 0.310 e. The van der Waals surface area contributed by atoms with E-state index in [1.165, 1.54) is 0 Å². The molecule has 2 N–H and O–H groups in total. The van der Waals surface area contributed by atoms with Crippen molar-refractivity contribution >= 4 is 17.9 Å². The van der Waals surface area contributed by atoms with Crippen molar-refractivity contribution in [3.63, 3.8) is 0 Å². The van der Waals surface area contributed by atoms with Crippen LogP contribution in [0.3, 0.4) is 0 Å². The number of carboxylic acid groups (broad SMARTS) is 2. The Hall–Kier alpha value is -1.63. The molecule has 0 heterocycles. The molecule has 0 aliphatic heterocycles. The third-order valence-electron chi connectivity index (χ3n) is 3.01. The molecule has 0 aromatic rings. The van der Waals surface area contributed by atoms with Crippen molar-refractivity contribution in [2.45, 2.75) is 51.2 Å². The van der Waals surface area contributed by atoms with Gasteiger partial charge in [0.2, 0.25) is 6.23 Å². The summed E-state index contributed by atoms with van der Waals surface area (Å²) in [5.74, 6) is -2.12. The molecule has 21 heavy (non-hydrogen) atoms.